The van der Waals surface area contributed by atoms with Crippen LogP contribution in [0.15, 0.2) is 77.7 Å². The second kappa shape index (κ2) is 9.72. The van der Waals surface area contributed by atoms with Gasteiger partial charge < -0.3 is 14.8 Å². The van der Waals surface area contributed by atoms with Gasteiger partial charge in [-0.3, -0.25) is 9.10 Å². The van der Waals surface area contributed by atoms with Crippen LogP contribution in [0.1, 0.15) is 12.5 Å². The summed E-state index contributed by atoms with van der Waals surface area (Å²) in [5.74, 6) is 0.620. The van der Waals surface area contributed by atoms with Crippen molar-refractivity contribution in [3.63, 3.8) is 0 Å². The van der Waals surface area contributed by atoms with Crippen molar-refractivity contribution >= 4 is 33.2 Å². The highest BCUT2D eigenvalue weighted by Crippen LogP contribution is 2.37. The monoisotopic (exact) mass is 486 g/mol. The van der Waals surface area contributed by atoms with Crippen LogP contribution in [0.5, 0.6) is 11.5 Å². The summed E-state index contributed by atoms with van der Waals surface area (Å²) in [6.07, 6.45) is -1.02. The molecular weight excluding hydrogens is 464 g/mol. The van der Waals surface area contributed by atoms with Gasteiger partial charge in [0.15, 0.2) is 6.10 Å². The van der Waals surface area contributed by atoms with Crippen LogP contribution in [0, 0.1) is 0 Å². The van der Waals surface area contributed by atoms with Crippen LogP contribution in [0.3, 0.4) is 0 Å². The Morgan fingerprint density at radius 2 is 1.88 bits per heavy atom. The van der Waals surface area contributed by atoms with Gasteiger partial charge in [0.05, 0.1) is 23.7 Å². The van der Waals surface area contributed by atoms with Crippen LogP contribution in [0.2, 0.25) is 5.02 Å². The van der Waals surface area contributed by atoms with Crippen molar-refractivity contribution in [2.45, 2.75) is 24.5 Å². The number of ether oxygens (including phenoxy) is 2. The SMILES string of the molecule is CCOc1cccc(CNC(=O)[C@@H]2CN(S(=O)(=O)c3ccc(Cl)cc3)c3ccccc3O2)c1. The highest BCUT2D eigenvalue weighted by Gasteiger charge is 2.37. The van der Waals surface area contributed by atoms with Crippen molar-refractivity contribution < 1.29 is 22.7 Å². The number of carbonyl (C=O) groups is 1. The van der Waals surface area contributed by atoms with E-state index in [2.05, 4.69) is 5.32 Å². The highest BCUT2D eigenvalue weighted by atomic mass is 35.5. The van der Waals surface area contributed by atoms with E-state index in [0.717, 1.165) is 5.56 Å². The maximum absolute atomic E-state index is 13.4. The van der Waals surface area contributed by atoms with Crippen LogP contribution < -0.4 is 19.1 Å². The first kappa shape index (κ1) is 22.9. The molecule has 0 aromatic heterocycles. The Kier molecular flexibility index (Phi) is 6.76. The predicted molar refractivity (Wildman–Crippen MR) is 126 cm³/mol. The molecular formula is C24H23ClN2O5S. The number of benzene rings is 3. The first-order chi connectivity index (χ1) is 15.9. The van der Waals surface area contributed by atoms with E-state index < -0.39 is 22.0 Å². The van der Waals surface area contributed by atoms with Gasteiger partial charge in [-0.1, -0.05) is 35.9 Å². The van der Waals surface area contributed by atoms with Crippen molar-refractivity contribution in [2.75, 3.05) is 17.5 Å². The number of nitrogens with zero attached hydrogens (tertiary/aromatic N) is 1. The van der Waals surface area contributed by atoms with E-state index in [4.69, 9.17) is 21.1 Å². The number of para-hydroxylation sites is 2. The number of fused-ring (bicyclic) bond motifs is 1. The Bertz CT molecular complexity index is 1250. The quantitative estimate of drug-likeness (QED) is 0.545. The summed E-state index contributed by atoms with van der Waals surface area (Å²) in [6.45, 7) is 2.54. The topological polar surface area (TPSA) is 84.9 Å². The van der Waals surface area contributed by atoms with Gasteiger partial charge in [0.2, 0.25) is 0 Å². The molecule has 0 bridgehead atoms. The second-order valence-corrected chi connectivity index (χ2v) is 9.66. The van der Waals surface area contributed by atoms with E-state index in [9.17, 15) is 13.2 Å². The lowest BCUT2D eigenvalue weighted by Crippen LogP contribution is -2.50. The van der Waals surface area contributed by atoms with Crippen LogP contribution in [-0.2, 0) is 21.4 Å². The number of nitrogens with one attached hydrogen (secondary N) is 1. The zero-order valence-electron chi connectivity index (χ0n) is 17.9. The van der Waals surface area contributed by atoms with Gasteiger partial charge >= 0.3 is 0 Å². The Morgan fingerprint density at radius 1 is 1.12 bits per heavy atom. The molecule has 1 N–H and O–H groups in total. The second-order valence-electron chi connectivity index (χ2n) is 7.36. The maximum Gasteiger partial charge on any atom is 0.264 e. The van der Waals surface area contributed by atoms with Gasteiger partial charge in [0, 0.05) is 11.6 Å². The summed E-state index contributed by atoms with van der Waals surface area (Å²) in [5.41, 5.74) is 1.23. The molecule has 3 aromatic rings. The number of carbonyl (C=O) groups excluding carboxylic acids is 1. The average molecular weight is 487 g/mol. The molecule has 33 heavy (non-hydrogen) atoms. The van der Waals surface area contributed by atoms with Crippen molar-refractivity contribution in [2.24, 2.45) is 0 Å². The van der Waals surface area contributed by atoms with E-state index in [1.165, 1.54) is 28.6 Å². The molecule has 7 nitrogen and oxygen atoms in total. The minimum atomic E-state index is -3.94. The summed E-state index contributed by atoms with van der Waals surface area (Å²) in [7, 11) is -3.94. The average Bonchev–Trinajstić information content (AvgIpc) is 2.82. The molecule has 1 aliphatic heterocycles. The van der Waals surface area contributed by atoms with Crippen LogP contribution in [0.25, 0.3) is 0 Å². The van der Waals surface area contributed by atoms with E-state index in [-0.39, 0.29) is 18.0 Å². The minimum Gasteiger partial charge on any atom is -0.494 e. The summed E-state index contributed by atoms with van der Waals surface area (Å²) in [4.78, 5) is 13.0. The first-order valence-electron chi connectivity index (χ1n) is 10.4. The molecule has 0 saturated heterocycles. The Balaban J connectivity index is 1.55. The normalized spacial score (nSPS) is 15.3. The van der Waals surface area contributed by atoms with Gasteiger partial charge in [-0.25, -0.2) is 8.42 Å². The fourth-order valence-electron chi connectivity index (χ4n) is 3.52. The van der Waals surface area contributed by atoms with E-state index in [1.807, 2.05) is 31.2 Å². The lowest BCUT2D eigenvalue weighted by Gasteiger charge is -2.34. The third-order valence-corrected chi connectivity index (χ3v) is 7.15. The summed E-state index contributed by atoms with van der Waals surface area (Å²) in [6, 6.07) is 20.1. The molecule has 0 aliphatic carbocycles. The standard InChI is InChI=1S/C24H23ClN2O5S/c1-2-31-19-7-5-6-17(14-19)15-26-24(28)23-16-27(21-8-3-4-9-22(21)32-23)33(29,30)20-12-10-18(25)11-13-20/h3-14,23H,2,15-16H2,1H3,(H,26,28)/t23-/m0/s1. The fraction of sp³-hybridized carbons (Fsp3) is 0.208. The third kappa shape index (κ3) is 5.07. The molecule has 172 valence electrons. The zero-order chi connectivity index (χ0) is 23.4. The molecule has 4 rings (SSSR count). The lowest BCUT2D eigenvalue weighted by atomic mass is 10.2. The molecule has 0 saturated carbocycles. The number of hydrogen-bond donors (Lipinski definition) is 1. The third-order valence-electron chi connectivity index (χ3n) is 5.11. The van der Waals surface area contributed by atoms with Gasteiger partial charge in [-0.2, -0.15) is 0 Å². The number of sulfonamides is 1. The Morgan fingerprint density at radius 3 is 2.64 bits per heavy atom. The molecule has 1 amide bonds. The predicted octanol–water partition coefficient (Wildman–Crippen LogP) is 4.01. The van der Waals surface area contributed by atoms with E-state index in [1.54, 1.807) is 24.3 Å². The van der Waals surface area contributed by atoms with Crippen LogP contribution in [0.4, 0.5) is 5.69 Å². The van der Waals surface area contributed by atoms with Crippen molar-refractivity contribution in [1.29, 1.82) is 0 Å². The summed E-state index contributed by atoms with van der Waals surface area (Å²) >= 11 is 5.92. The Labute approximate surface area is 197 Å². The van der Waals surface area contributed by atoms with Gasteiger partial charge in [0.1, 0.15) is 11.5 Å². The number of halogens is 1. The van der Waals surface area contributed by atoms with Crippen LogP contribution >= 0.6 is 11.6 Å². The molecule has 1 heterocycles. The molecule has 0 unspecified atom stereocenters. The van der Waals surface area contributed by atoms with Crippen molar-refractivity contribution in [1.82, 2.24) is 5.32 Å². The smallest absolute Gasteiger partial charge is 0.264 e. The highest BCUT2D eigenvalue weighted by molar-refractivity contribution is 7.92. The van der Waals surface area contributed by atoms with Gasteiger partial charge in [-0.15, -0.1) is 0 Å². The Hall–Kier alpha value is -3.23. The van der Waals surface area contributed by atoms with E-state index in [0.29, 0.717) is 28.8 Å². The molecule has 1 atom stereocenters. The number of anilines is 1. The molecule has 9 heteroatoms. The van der Waals surface area contributed by atoms with Crippen LogP contribution in [-0.4, -0.2) is 33.6 Å². The van der Waals surface area contributed by atoms with Crippen molar-refractivity contribution in [3.05, 3.63) is 83.4 Å². The molecule has 0 spiro atoms. The first-order valence-corrected chi connectivity index (χ1v) is 12.2. The fourth-order valence-corrected chi connectivity index (χ4v) is 5.12. The number of amides is 1. The maximum atomic E-state index is 13.4. The van der Waals surface area contributed by atoms with Crippen molar-refractivity contribution in [3.8, 4) is 11.5 Å². The summed E-state index contributed by atoms with van der Waals surface area (Å²) < 4.78 is 39.3. The zero-order valence-corrected chi connectivity index (χ0v) is 19.5. The van der Waals surface area contributed by atoms with Gasteiger partial charge in [0.25, 0.3) is 15.9 Å². The number of rotatable bonds is 7. The molecule has 1 aliphatic rings. The molecule has 3 aromatic carbocycles. The molecule has 0 fully saturated rings. The number of hydrogen-bond acceptors (Lipinski definition) is 5. The minimum absolute atomic E-state index is 0.0792. The van der Waals surface area contributed by atoms with Gasteiger partial charge in [-0.05, 0) is 61.0 Å². The summed E-state index contributed by atoms with van der Waals surface area (Å²) in [5, 5.41) is 3.26. The molecule has 0 radical (unpaired) electrons. The largest absolute Gasteiger partial charge is 0.494 e. The lowest BCUT2D eigenvalue weighted by molar-refractivity contribution is -0.127. The van der Waals surface area contributed by atoms with E-state index >= 15 is 0 Å².